The first-order valence-corrected chi connectivity index (χ1v) is 5.10. The zero-order valence-electron chi connectivity index (χ0n) is 8.89. The van der Waals surface area contributed by atoms with Gasteiger partial charge in [0.1, 0.15) is 6.04 Å². The van der Waals surface area contributed by atoms with Crippen molar-refractivity contribution in [3.8, 4) is 0 Å². The first kappa shape index (κ1) is 12.9. The van der Waals surface area contributed by atoms with E-state index in [0.29, 0.717) is 4.90 Å². The minimum atomic E-state index is -4.88. The predicted molar refractivity (Wildman–Crippen MR) is 48.8 cm³/mol. The third-order valence-corrected chi connectivity index (χ3v) is 3.68. The number of alkyl halides is 3. The molecule has 1 unspecified atom stereocenters. The molecule has 102 valence electrons. The number of halogens is 3. The lowest BCUT2D eigenvalue weighted by atomic mass is 9.92. The minimum absolute atomic E-state index is 0.163. The summed E-state index contributed by atoms with van der Waals surface area (Å²) in [6.07, 6.45) is -9.84. The van der Waals surface area contributed by atoms with Crippen molar-refractivity contribution < 1.29 is 38.1 Å². The number of rotatable bonds is 2. The Bertz CT molecular complexity index is 411. The minimum Gasteiger partial charge on any atom is -0.480 e. The van der Waals surface area contributed by atoms with Gasteiger partial charge in [-0.25, -0.2) is 9.59 Å². The number of piperidine rings is 1. The van der Waals surface area contributed by atoms with E-state index < -0.39 is 48.3 Å². The molecule has 0 radical (unpaired) electrons. The summed E-state index contributed by atoms with van der Waals surface area (Å²) in [6.45, 7) is 0. The molecule has 0 bridgehead atoms. The van der Waals surface area contributed by atoms with Crippen LogP contribution < -0.4 is 0 Å². The van der Waals surface area contributed by atoms with Crippen molar-refractivity contribution in [3.05, 3.63) is 0 Å². The molecular formula is C9H10F3NO5. The number of carbonyl (C=O) groups is 2. The molecule has 18 heavy (non-hydrogen) atoms. The molecule has 1 saturated carbocycles. The van der Waals surface area contributed by atoms with E-state index in [4.69, 9.17) is 10.2 Å². The molecule has 4 atom stereocenters. The average molecular weight is 269 g/mol. The second-order valence-electron chi connectivity index (χ2n) is 4.65. The number of aliphatic hydroxyl groups excluding tert-OH is 1. The van der Waals surface area contributed by atoms with Gasteiger partial charge < -0.3 is 15.3 Å². The van der Waals surface area contributed by atoms with Crippen molar-refractivity contribution in [2.45, 2.75) is 37.2 Å². The Hall–Kier alpha value is -1.51. The SMILES string of the molecule is O=C(O)[C@@H]1C[C@]2(C(O)C(F)(F)F)C[C@@H]2N1C(=O)O. The van der Waals surface area contributed by atoms with E-state index in [1.807, 2.05) is 0 Å². The summed E-state index contributed by atoms with van der Waals surface area (Å²) in [5.41, 5.74) is -1.69. The number of hydrogen-bond acceptors (Lipinski definition) is 3. The summed E-state index contributed by atoms with van der Waals surface area (Å²) in [5.74, 6) is -1.50. The molecule has 0 aromatic heterocycles. The van der Waals surface area contributed by atoms with Gasteiger partial charge in [0.25, 0.3) is 0 Å². The molecule has 1 amide bonds. The summed E-state index contributed by atoms with van der Waals surface area (Å²) < 4.78 is 37.4. The van der Waals surface area contributed by atoms with Gasteiger partial charge >= 0.3 is 18.2 Å². The lowest BCUT2D eigenvalue weighted by molar-refractivity contribution is -0.224. The Morgan fingerprint density at radius 3 is 2.17 bits per heavy atom. The zero-order valence-corrected chi connectivity index (χ0v) is 8.89. The Balaban J connectivity index is 2.27. The number of amides is 1. The van der Waals surface area contributed by atoms with Gasteiger partial charge in [0.15, 0.2) is 6.10 Å². The largest absolute Gasteiger partial charge is 0.480 e. The van der Waals surface area contributed by atoms with Gasteiger partial charge in [0.2, 0.25) is 0 Å². The lowest BCUT2D eigenvalue weighted by Gasteiger charge is -2.22. The van der Waals surface area contributed by atoms with Crippen LogP contribution >= 0.6 is 0 Å². The molecular weight excluding hydrogens is 259 g/mol. The highest BCUT2D eigenvalue weighted by Gasteiger charge is 2.74. The van der Waals surface area contributed by atoms with Gasteiger partial charge in [-0.15, -0.1) is 0 Å². The Morgan fingerprint density at radius 2 is 1.83 bits per heavy atom. The maximum absolute atomic E-state index is 12.5. The highest BCUT2D eigenvalue weighted by atomic mass is 19.4. The molecule has 2 fully saturated rings. The van der Waals surface area contributed by atoms with E-state index in [0.717, 1.165) is 0 Å². The summed E-state index contributed by atoms with van der Waals surface area (Å²) in [6, 6.07) is -2.61. The summed E-state index contributed by atoms with van der Waals surface area (Å²) in [7, 11) is 0. The quantitative estimate of drug-likeness (QED) is 0.678. The fraction of sp³-hybridized carbons (Fsp3) is 0.778. The van der Waals surface area contributed by atoms with Crippen molar-refractivity contribution in [2.75, 3.05) is 0 Å². The number of aliphatic carboxylic acids is 1. The molecule has 1 heterocycles. The Kier molecular flexibility index (Phi) is 2.51. The van der Waals surface area contributed by atoms with Crippen LogP contribution in [0.15, 0.2) is 0 Å². The van der Waals surface area contributed by atoms with E-state index in [1.165, 1.54) is 0 Å². The number of carboxylic acids is 1. The van der Waals surface area contributed by atoms with E-state index in [9.17, 15) is 27.9 Å². The van der Waals surface area contributed by atoms with Crippen LogP contribution in [0.5, 0.6) is 0 Å². The molecule has 3 N–H and O–H groups in total. The zero-order chi connectivity index (χ0) is 13.9. The molecule has 1 aliphatic heterocycles. The number of likely N-dealkylation sites (tertiary alicyclic amines) is 1. The summed E-state index contributed by atoms with van der Waals surface area (Å²) in [4.78, 5) is 22.2. The van der Waals surface area contributed by atoms with E-state index in [1.54, 1.807) is 0 Å². The monoisotopic (exact) mass is 269 g/mol. The van der Waals surface area contributed by atoms with Crippen molar-refractivity contribution in [3.63, 3.8) is 0 Å². The fourth-order valence-corrected chi connectivity index (χ4v) is 2.78. The maximum Gasteiger partial charge on any atom is 0.414 e. The number of hydrogen-bond donors (Lipinski definition) is 3. The van der Waals surface area contributed by atoms with Crippen LogP contribution in [0.4, 0.5) is 18.0 Å². The highest BCUT2D eigenvalue weighted by molar-refractivity contribution is 5.81. The second kappa shape index (κ2) is 3.50. The van der Waals surface area contributed by atoms with Gasteiger partial charge in [0, 0.05) is 11.5 Å². The first-order valence-electron chi connectivity index (χ1n) is 5.10. The van der Waals surface area contributed by atoms with Crippen molar-refractivity contribution in [1.29, 1.82) is 0 Å². The third kappa shape index (κ3) is 1.61. The average Bonchev–Trinajstić information content (AvgIpc) is 2.82. The van der Waals surface area contributed by atoms with Crippen LogP contribution in [-0.2, 0) is 4.79 Å². The topological polar surface area (TPSA) is 98.1 Å². The van der Waals surface area contributed by atoms with Gasteiger partial charge in [0.05, 0.1) is 0 Å². The molecule has 0 aromatic rings. The smallest absolute Gasteiger partial charge is 0.414 e. The van der Waals surface area contributed by atoms with Gasteiger partial charge in [-0.3, -0.25) is 4.90 Å². The molecule has 6 nitrogen and oxygen atoms in total. The summed E-state index contributed by atoms with van der Waals surface area (Å²) >= 11 is 0. The van der Waals surface area contributed by atoms with E-state index in [2.05, 4.69) is 0 Å². The van der Waals surface area contributed by atoms with Crippen molar-refractivity contribution in [2.24, 2.45) is 5.41 Å². The summed E-state index contributed by atoms with van der Waals surface area (Å²) in [5, 5.41) is 26.9. The normalized spacial score (nSPS) is 36.1. The Morgan fingerprint density at radius 1 is 1.28 bits per heavy atom. The molecule has 9 heteroatoms. The van der Waals surface area contributed by atoms with Gasteiger partial charge in [-0.1, -0.05) is 0 Å². The van der Waals surface area contributed by atoms with E-state index >= 15 is 0 Å². The van der Waals surface area contributed by atoms with Crippen molar-refractivity contribution in [1.82, 2.24) is 4.90 Å². The van der Waals surface area contributed by atoms with Crippen LogP contribution in [0.1, 0.15) is 12.8 Å². The van der Waals surface area contributed by atoms with Crippen LogP contribution in [0.25, 0.3) is 0 Å². The van der Waals surface area contributed by atoms with Crippen LogP contribution in [0.3, 0.4) is 0 Å². The maximum atomic E-state index is 12.5. The number of nitrogens with zero attached hydrogens (tertiary/aromatic N) is 1. The van der Waals surface area contributed by atoms with E-state index in [-0.39, 0.29) is 6.42 Å². The number of carboxylic acid groups (broad SMARTS) is 2. The predicted octanol–water partition coefficient (Wildman–Crippen LogP) is 0.505. The molecule has 2 aliphatic rings. The standard InChI is InChI=1S/C9H10F3NO5/c10-9(11,12)6(16)8-1-3(5(14)15)13(7(17)18)4(8)2-8/h3-4,6,16H,1-2H2,(H,14,15)(H,17,18)/t3-,4-,6?,8-/m0/s1. The van der Waals surface area contributed by atoms with Crippen LogP contribution in [-0.4, -0.2) is 56.6 Å². The molecule has 2 rings (SSSR count). The number of aliphatic hydroxyl groups is 1. The fourth-order valence-electron chi connectivity index (χ4n) is 2.78. The molecule has 1 saturated heterocycles. The van der Waals surface area contributed by atoms with Crippen LogP contribution in [0.2, 0.25) is 0 Å². The Labute approximate surface area is 98.6 Å². The van der Waals surface area contributed by atoms with Gasteiger partial charge in [-0.05, 0) is 12.8 Å². The van der Waals surface area contributed by atoms with Gasteiger partial charge in [-0.2, -0.15) is 13.2 Å². The van der Waals surface area contributed by atoms with Crippen molar-refractivity contribution >= 4 is 12.1 Å². The molecule has 0 aromatic carbocycles. The molecule has 0 spiro atoms. The lowest BCUT2D eigenvalue weighted by Crippen LogP contribution is -2.42. The van der Waals surface area contributed by atoms with Crippen LogP contribution in [0, 0.1) is 5.41 Å². The first-order chi connectivity index (χ1) is 8.11. The second-order valence-corrected chi connectivity index (χ2v) is 4.65. The number of fused-ring (bicyclic) bond motifs is 1. The highest BCUT2D eigenvalue weighted by Crippen LogP contribution is 2.63. The third-order valence-electron chi connectivity index (χ3n) is 3.68. The molecule has 1 aliphatic carbocycles.